The van der Waals surface area contributed by atoms with Crippen molar-refractivity contribution in [2.45, 2.75) is 6.04 Å². The zero-order valence-electron chi connectivity index (χ0n) is 10.9. The van der Waals surface area contributed by atoms with E-state index in [9.17, 15) is 0 Å². The molecule has 0 spiro atoms. The molecule has 4 heteroatoms. The zero-order valence-corrected chi connectivity index (χ0v) is 14.6. The van der Waals surface area contributed by atoms with Crippen LogP contribution in [0.25, 0.3) is 10.1 Å². The first kappa shape index (κ1) is 14.3. The molecule has 1 atom stereocenters. The van der Waals surface area contributed by atoms with E-state index in [1.165, 1.54) is 24.8 Å². The lowest BCUT2D eigenvalue weighted by molar-refractivity contribution is 0.694. The zero-order chi connectivity index (χ0) is 14.1. The Kier molecular flexibility index (Phi) is 4.31. The van der Waals surface area contributed by atoms with Gasteiger partial charge in [-0.15, -0.1) is 11.3 Å². The van der Waals surface area contributed by atoms with Gasteiger partial charge in [-0.3, -0.25) is 0 Å². The molecule has 1 heterocycles. The van der Waals surface area contributed by atoms with E-state index in [4.69, 9.17) is 11.6 Å². The Morgan fingerprint density at radius 1 is 1.15 bits per heavy atom. The Morgan fingerprint density at radius 3 is 2.80 bits per heavy atom. The maximum absolute atomic E-state index is 6.17. The molecule has 0 aliphatic rings. The fourth-order valence-corrected chi connectivity index (χ4v) is 4.23. The lowest BCUT2D eigenvalue weighted by atomic mass is 9.98. The minimum absolute atomic E-state index is 0.156. The van der Waals surface area contributed by atoms with Crippen LogP contribution in [0, 0.1) is 3.57 Å². The Balaban J connectivity index is 2.19. The van der Waals surface area contributed by atoms with E-state index < -0.39 is 0 Å². The number of hydrogen-bond acceptors (Lipinski definition) is 2. The van der Waals surface area contributed by atoms with Gasteiger partial charge in [0.1, 0.15) is 0 Å². The fourth-order valence-electron chi connectivity index (χ4n) is 2.46. The number of nitrogens with one attached hydrogen (secondary N) is 1. The minimum Gasteiger partial charge on any atom is -0.309 e. The smallest absolute Gasteiger partial charge is 0.0599 e. The Morgan fingerprint density at radius 2 is 2.00 bits per heavy atom. The van der Waals surface area contributed by atoms with Crippen molar-refractivity contribution < 1.29 is 0 Å². The molecule has 0 fully saturated rings. The highest BCUT2D eigenvalue weighted by Crippen LogP contribution is 2.34. The lowest BCUT2D eigenvalue weighted by Crippen LogP contribution is -2.18. The molecule has 3 aromatic rings. The third-order valence-electron chi connectivity index (χ3n) is 3.38. The van der Waals surface area contributed by atoms with E-state index in [1.54, 1.807) is 11.3 Å². The normalized spacial score (nSPS) is 12.8. The fraction of sp³-hybridized carbons (Fsp3) is 0.125. The highest BCUT2D eigenvalue weighted by atomic mass is 127. The summed E-state index contributed by atoms with van der Waals surface area (Å²) in [5, 5.41) is 7.64. The van der Waals surface area contributed by atoms with Crippen molar-refractivity contribution in [3.05, 3.63) is 67.6 Å². The summed E-state index contributed by atoms with van der Waals surface area (Å²) >= 11 is 10.3. The van der Waals surface area contributed by atoms with E-state index in [1.807, 2.05) is 13.1 Å². The summed E-state index contributed by atoms with van der Waals surface area (Å²) in [6.07, 6.45) is 0. The molecule has 1 nitrogen and oxygen atoms in total. The average molecular weight is 414 g/mol. The van der Waals surface area contributed by atoms with Crippen LogP contribution in [0.1, 0.15) is 17.2 Å². The van der Waals surface area contributed by atoms with Crippen LogP contribution in [-0.2, 0) is 0 Å². The summed E-state index contributed by atoms with van der Waals surface area (Å²) in [5.74, 6) is 0. The van der Waals surface area contributed by atoms with E-state index >= 15 is 0 Å². The molecule has 102 valence electrons. The van der Waals surface area contributed by atoms with E-state index in [0.717, 1.165) is 5.02 Å². The number of halogens is 2. The Labute approximate surface area is 141 Å². The van der Waals surface area contributed by atoms with Crippen LogP contribution < -0.4 is 5.32 Å². The van der Waals surface area contributed by atoms with E-state index in [-0.39, 0.29) is 6.04 Å². The number of fused-ring (bicyclic) bond motifs is 1. The second-order valence-electron chi connectivity index (χ2n) is 4.57. The Hall–Kier alpha value is -0.620. The molecule has 2 aromatic carbocycles. The van der Waals surface area contributed by atoms with Gasteiger partial charge in [-0.1, -0.05) is 29.8 Å². The number of hydrogen-bond donors (Lipinski definition) is 1. The minimum atomic E-state index is 0.156. The molecule has 0 amide bonds. The van der Waals surface area contributed by atoms with Gasteiger partial charge < -0.3 is 5.32 Å². The predicted molar refractivity (Wildman–Crippen MR) is 96.9 cm³/mol. The molecule has 0 saturated heterocycles. The van der Waals surface area contributed by atoms with Crippen LogP contribution >= 0.6 is 45.5 Å². The van der Waals surface area contributed by atoms with Crippen molar-refractivity contribution >= 4 is 55.6 Å². The molecule has 0 radical (unpaired) electrons. The summed E-state index contributed by atoms with van der Waals surface area (Å²) in [4.78, 5) is 0. The van der Waals surface area contributed by atoms with Crippen molar-refractivity contribution in [3.8, 4) is 0 Å². The maximum atomic E-state index is 6.17. The summed E-state index contributed by atoms with van der Waals surface area (Å²) in [7, 11) is 1.99. The van der Waals surface area contributed by atoms with Gasteiger partial charge in [-0.05, 0) is 75.8 Å². The van der Waals surface area contributed by atoms with Crippen LogP contribution in [0.3, 0.4) is 0 Å². The van der Waals surface area contributed by atoms with Crippen LogP contribution in [-0.4, -0.2) is 7.05 Å². The molecular weight excluding hydrogens is 401 g/mol. The van der Waals surface area contributed by atoms with Crippen LogP contribution in [0.5, 0.6) is 0 Å². The highest BCUT2D eigenvalue weighted by molar-refractivity contribution is 14.1. The van der Waals surface area contributed by atoms with Gasteiger partial charge in [0.15, 0.2) is 0 Å². The largest absolute Gasteiger partial charge is 0.309 e. The van der Waals surface area contributed by atoms with Gasteiger partial charge in [-0.25, -0.2) is 0 Å². The molecule has 0 aliphatic carbocycles. The summed E-state index contributed by atoms with van der Waals surface area (Å²) in [5.41, 5.74) is 2.53. The molecule has 1 unspecified atom stereocenters. The van der Waals surface area contributed by atoms with Crippen molar-refractivity contribution in [2.24, 2.45) is 0 Å². The summed E-state index contributed by atoms with van der Waals surface area (Å²) in [6, 6.07) is 14.8. The van der Waals surface area contributed by atoms with Gasteiger partial charge in [0, 0.05) is 13.3 Å². The second-order valence-corrected chi connectivity index (χ2v) is 7.09. The molecular formula is C16H13ClINS. The maximum Gasteiger partial charge on any atom is 0.0599 e. The first-order chi connectivity index (χ1) is 9.70. The van der Waals surface area contributed by atoms with E-state index in [0.29, 0.717) is 0 Å². The molecule has 0 bridgehead atoms. The molecule has 0 saturated carbocycles. The van der Waals surface area contributed by atoms with Gasteiger partial charge in [0.05, 0.1) is 6.04 Å². The van der Waals surface area contributed by atoms with Crippen LogP contribution in [0.4, 0.5) is 0 Å². The SMILES string of the molecule is CNC(c1cc(Cl)ccc1I)c1cccc2ccsc12. The quantitative estimate of drug-likeness (QED) is 0.562. The van der Waals surface area contributed by atoms with Crippen molar-refractivity contribution in [1.29, 1.82) is 0 Å². The molecule has 3 rings (SSSR count). The van der Waals surface area contributed by atoms with Crippen LogP contribution in [0.15, 0.2) is 47.8 Å². The Bertz CT molecular complexity index is 753. The van der Waals surface area contributed by atoms with Crippen molar-refractivity contribution in [1.82, 2.24) is 5.32 Å². The van der Waals surface area contributed by atoms with Gasteiger partial charge >= 0.3 is 0 Å². The van der Waals surface area contributed by atoms with Crippen molar-refractivity contribution in [3.63, 3.8) is 0 Å². The third kappa shape index (κ3) is 2.60. The topological polar surface area (TPSA) is 12.0 Å². The number of benzene rings is 2. The van der Waals surface area contributed by atoms with Crippen molar-refractivity contribution in [2.75, 3.05) is 7.05 Å². The highest BCUT2D eigenvalue weighted by Gasteiger charge is 2.18. The van der Waals surface area contributed by atoms with Gasteiger partial charge in [0.2, 0.25) is 0 Å². The first-order valence-corrected chi connectivity index (χ1v) is 8.62. The predicted octanol–water partition coefficient (Wildman–Crippen LogP) is 5.47. The molecule has 1 N–H and O–H groups in total. The van der Waals surface area contributed by atoms with Gasteiger partial charge in [-0.2, -0.15) is 0 Å². The molecule has 1 aromatic heterocycles. The number of thiophene rings is 1. The second kappa shape index (κ2) is 6.02. The van der Waals surface area contributed by atoms with Gasteiger partial charge in [0.25, 0.3) is 0 Å². The molecule has 0 aliphatic heterocycles. The standard InChI is InChI=1S/C16H13ClINS/c1-19-15(13-9-11(17)5-6-14(13)18)12-4-2-3-10-7-8-20-16(10)12/h2-9,15,19H,1H3. The monoisotopic (exact) mass is 413 g/mol. The molecule has 20 heavy (non-hydrogen) atoms. The lowest BCUT2D eigenvalue weighted by Gasteiger charge is -2.20. The summed E-state index contributed by atoms with van der Waals surface area (Å²) < 4.78 is 2.56. The first-order valence-electron chi connectivity index (χ1n) is 6.29. The third-order valence-corrected chi connectivity index (χ3v) is 5.57. The van der Waals surface area contributed by atoms with Crippen LogP contribution in [0.2, 0.25) is 5.02 Å². The number of rotatable bonds is 3. The average Bonchev–Trinajstić information content (AvgIpc) is 2.92. The van der Waals surface area contributed by atoms with E-state index in [2.05, 4.69) is 69.7 Å². The summed E-state index contributed by atoms with van der Waals surface area (Å²) in [6.45, 7) is 0.